The van der Waals surface area contributed by atoms with Crippen molar-refractivity contribution in [2.75, 3.05) is 18.5 Å². The zero-order chi connectivity index (χ0) is 13.1. The summed E-state index contributed by atoms with van der Waals surface area (Å²) in [6.45, 7) is 0.706. The van der Waals surface area contributed by atoms with Gasteiger partial charge in [0.05, 0.1) is 6.10 Å². The second-order valence-electron chi connectivity index (χ2n) is 4.83. The van der Waals surface area contributed by atoms with E-state index in [1.165, 1.54) is 6.07 Å². The number of carboxylic acids is 1. The minimum atomic E-state index is -1.02. The summed E-state index contributed by atoms with van der Waals surface area (Å²) >= 11 is 0. The van der Waals surface area contributed by atoms with E-state index in [0.29, 0.717) is 12.4 Å². The van der Waals surface area contributed by atoms with Crippen molar-refractivity contribution in [1.82, 2.24) is 4.98 Å². The standard InChI is InChI=1S/C13H18N2O3/c1-15(8-9-4-2-6-11(9)16)12-7-3-5-10(14-12)13(17)18/h3,5,7,9,11,16H,2,4,6,8H2,1H3,(H,17,18). The number of hydrogen-bond acceptors (Lipinski definition) is 4. The van der Waals surface area contributed by atoms with Crippen molar-refractivity contribution in [1.29, 1.82) is 0 Å². The summed E-state index contributed by atoms with van der Waals surface area (Å²) in [4.78, 5) is 16.8. The molecule has 0 spiro atoms. The number of pyridine rings is 1. The molecular weight excluding hydrogens is 232 g/mol. The molecule has 2 rings (SSSR count). The van der Waals surface area contributed by atoms with Gasteiger partial charge < -0.3 is 15.1 Å². The molecule has 1 fully saturated rings. The lowest BCUT2D eigenvalue weighted by Crippen LogP contribution is -2.30. The van der Waals surface area contributed by atoms with Crippen LogP contribution in [0.15, 0.2) is 18.2 Å². The van der Waals surface area contributed by atoms with Crippen molar-refractivity contribution in [2.24, 2.45) is 5.92 Å². The summed E-state index contributed by atoms with van der Waals surface area (Å²) in [5.41, 5.74) is 0.0475. The van der Waals surface area contributed by atoms with Crippen molar-refractivity contribution >= 4 is 11.8 Å². The molecule has 2 N–H and O–H groups in total. The Hall–Kier alpha value is -1.62. The van der Waals surface area contributed by atoms with Gasteiger partial charge in [-0.15, -0.1) is 0 Å². The minimum absolute atomic E-state index is 0.0475. The molecule has 0 aromatic carbocycles. The van der Waals surface area contributed by atoms with Crippen LogP contribution in [0, 0.1) is 5.92 Å². The Kier molecular flexibility index (Phi) is 3.81. The van der Waals surface area contributed by atoms with Gasteiger partial charge in [-0.1, -0.05) is 12.5 Å². The molecule has 0 aliphatic heterocycles. The number of nitrogens with zero attached hydrogens (tertiary/aromatic N) is 2. The number of aromatic carboxylic acids is 1. The van der Waals surface area contributed by atoms with Crippen LogP contribution in [0.1, 0.15) is 29.8 Å². The van der Waals surface area contributed by atoms with Crippen LogP contribution in [0.2, 0.25) is 0 Å². The van der Waals surface area contributed by atoms with Gasteiger partial charge in [0.25, 0.3) is 0 Å². The van der Waals surface area contributed by atoms with E-state index in [1.54, 1.807) is 12.1 Å². The summed E-state index contributed by atoms with van der Waals surface area (Å²) in [6.07, 6.45) is 2.70. The molecule has 2 unspecified atom stereocenters. The average molecular weight is 250 g/mol. The van der Waals surface area contributed by atoms with Gasteiger partial charge in [0.15, 0.2) is 5.69 Å². The number of aromatic nitrogens is 1. The third-order valence-electron chi connectivity index (χ3n) is 3.47. The lowest BCUT2D eigenvalue weighted by Gasteiger charge is -2.24. The van der Waals surface area contributed by atoms with E-state index >= 15 is 0 Å². The molecule has 5 nitrogen and oxygen atoms in total. The first-order valence-electron chi connectivity index (χ1n) is 6.17. The van der Waals surface area contributed by atoms with Crippen molar-refractivity contribution in [3.05, 3.63) is 23.9 Å². The molecule has 1 heterocycles. The van der Waals surface area contributed by atoms with E-state index in [0.717, 1.165) is 19.3 Å². The van der Waals surface area contributed by atoms with Gasteiger partial charge in [0.1, 0.15) is 5.82 Å². The number of hydrogen-bond donors (Lipinski definition) is 2. The Labute approximate surface area is 106 Å². The van der Waals surface area contributed by atoms with Gasteiger partial charge in [0, 0.05) is 19.5 Å². The molecule has 1 aromatic rings. The van der Waals surface area contributed by atoms with Gasteiger partial charge in [-0.3, -0.25) is 0 Å². The van der Waals surface area contributed by atoms with Crippen LogP contribution >= 0.6 is 0 Å². The Morgan fingerprint density at radius 2 is 2.28 bits per heavy atom. The normalized spacial score (nSPS) is 23.0. The zero-order valence-corrected chi connectivity index (χ0v) is 10.4. The van der Waals surface area contributed by atoms with Gasteiger partial charge in [-0.05, 0) is 25.0 Å². The Morgan fingerprint density at radius 1 is 1.50 bits per heavy atom. The van der Waals surface area contributed by atoms with Gasteiger partial charge in [0.2, 0.25) is 0 Å². The highest BCUT2D eigenvalue weighted by atomic mass is 16.4. The first kappa shape index (κ1) is 12.8. The van der Waals surface area contributed by atoms with Crippen LogP contribution in [0.25, 0.3) is 0 Å². The molecule has 0 saturated heterocycles. The Balaban J connectivity index is 2.06. The maximum absolute atomic E-state index is 10.9. The monoisotopic (exact) mass is 250 g/mol. The van der Waals surface area contributed by atoms with Gasteiger partial charge in [-0.25, -0.2) is 9.78 Å². The molecule has 0 bridgehead atoms. The summed E-state index contributed by atoms with van der Waals surface area (Å²) in [7, 11) is 1.87. The van der Waals surface area contributed by atoms with Crippen LogP contribution in [0.4, 0.5) is 5.82 Å². The van der Waals surface area contributed by atoms with E-state index in [-0.39, 0.29) is 17.7 Å². The number of aliphatic hydroxyl groups is 1. The summed E-state index contributed by atoms with van der Waals surface area (Å²) in [5.74, 6) is -0.134. The third kappa shape index (κ3) is 2.79. The zero-order valence-electron chi connectivity index (χ0n) is 10.4. The minimum Gasteiger partial charge on any atom is -0.477 e. The predicted octanol–water partition coefficient (Wildman–Crippen LogP) is 1.38. The molecule has 1 aromatic heterocycles. The maximum atomic E-state index is 10.9. The first-order valence-corrected chi connectivity index (χ1v) is 6.17. The second kappa shape index (κ2) is 5.35. The molecule has 98 valence electrons. The number of carbonyl (C=O) groups is 1. The quantitative estimate of drug-likeness (QED) is 0.844. The largest absolute Gasteiger partial charge is 0.477 e. The van der Waals surface area contributed by atoms with Crippen LogP contribution in [0.5, 0.6) is 0 Å². The molecule has 1 saturated carbocycles. The van der Waals surface area contributed by atoms with E-state index in [4.69, 9.17) is 5.11 Å². The Morgan fingerprint density at radius 3 is 2.89 bits per heavy atom. The summed E-state index contributed by atoms with van der Waals surface area (Å²) in [6, 6.07) is 4.95. The third-order valence-corrected chi connectivity index (χ3v) is 3.47. The van der Waals surface area contributed by atoms with Gasteiger partial charge >= 0.3 is 5.97 Å². The number of anilines is 1. The molecule has 5 heteroatoms. The van der Waals surface area contributed by atoms with Gasteiger partial charge in [-0.2, -0.15) is 0 Å². The Bertz CT molecular complexity index is 436. The fourth-order valence-electron chi connectivity index (χ4n) is 2.43. The lowest BCUT2D eigenvalue weighted by molar-refractivity contribution is 0.0690. The highest BCUT2D eigenvalue weighted by molar-refractivity contribution is 5.85. The molecule has 18 heavy (non-hydrogen) atoms. The number of rotatable bonds is 4. The van der Waals surface area contributed by atoms with Crippen LogP contribution in [-0.2, 0) is 0 Å². The van der Waals surface area contributed by atoms with Crippen LogP contribution in [-0.4, -0.2) is 40.9 Å². The van der Waals surface area contributed by atoms with Crippen molar-refractivity contribution in [3.8, 4) is 0 Å². The number of aliphatic hydroxyl groups excluding tert-OH is 1. The molecule has 0 radical (unpaired) electrons. The van der Waals surface area contributed by atoms with Crippen molar-refractivity contribution < 1.29 is 15.0 Å². The fourth-order valence-corrected chi connectivity index (χ4v) is 2.43. The molecule has 1 aliphatic rings. The molecular formula is C13H18N2O3. The van der Waals surface area contributed by atoms with E-state index in [9.17, 15) is 9.90 Å². The lowest BCUT2D eigenvalue weighted by atomic mass is 10.1. The van der Waals surface area contributed by atoms with Crippen molar-refractivity contribution in [3.63, 3.8) is 0 Å². The highest BCUT2D eigenvalue weighted by Crippen LogP contribution is 2.27. The smallest absolute Gasteiger partial charge is 0.354 e. The molecule has 1 aliphatic carbocycles. The number of carboxylic acid groups (broad SMARTS) is 1. The molecule has 2 atom stereocenters. The highest BCUT2D eigenvalue weighted by Gasteiger charge is 2.26. The summed E-state index contributed by atoms with van der Waals surface area (Å²) in [5, 5.41) is 18.7. The van der Waals surface area contributed by atoms with Crippen LogP contribution in [0.3, 0.4) is 0 Å². The topological polar surface area (TPSA) is 73.7 Å². The van der Waals surface area contributed by atoms with E-state index < -0.39 is 5.97 Å². The predicted molar refractivity (Wildman–Crippen MR) is 67.8 cm³/mol. The van der Waals surface area contributed by atoms with Crippen molar-refractivity contribution in [2.45, 2.75) is 25.4 Å². The fraction of sp³-hybridized carbons (Fsp3) is 0.538. The van der Waals surface area contributed by atoms with E-state index in [2.05, 4.69) is 4.98 Å². The maximum Gasteiger partial charge on any atom is 0.354 e. The first-order chi connectivity index (χ1) is 8.58. The van der Waals surface area contributed by atoms with E-state index in [1.807, 2.05) is 11.9 Å². The average Bonchev–Trinajstić information content (AvgIpc) is 2.75. The second-order valence-corrected chi connectivity index (χ2v) is 4.83. The van der Waals surface area contributed by atoms with Crippen LogP contribution < -0.4 is 4.90 Å². The SMILES string of the molecule is CN(CC1CCCC1O)c1cccc(C(=O)O)n1. The molecule has 0 amide bonds. The summed E-state index contributed by atoms with van der Waals surface area (Å²) < 4.78 is 0.